The molecule has 0 bridgehead atoms. The van der Waals surface area contributed by atoms with Gasteiger partial charge in [-0.25, -0.2) is 4.98 Å². The van der Waals surface area contributed by atoms with Gasteiger partial charge in [-0.2, -0.15) is 0 Å². The van der Waals surface area contributed by atoms with Crippen molar-refractivity contribution in [3.05, 3.63) is 27.6 Å². The molecule has 4 nitrogen and oxygen atoms in total. The summed E-state index contributed by atoms with van der Waals surface area (Å²) in [5, 5.41) is 2.80. The highest BCUT2D eigenvalue weighted by Gasteiger charge is 2.05. The lowest BCUT2D eigenvalue weighted by atomic mass is 10.3. The Morgan fingerprint density at radius 1 is 1.53 bits per heavy atom. The van der Waals surface area contributed by atoms with Crippen LogP contribution in [0.4, 0.5) is 0 Å². The van der Waals surface area contributed by atoms with Gasteiger partial charge >= 0.3 is 0 Å². The number of hydrogen-bond acceptors (Lipinski definition) is 3. The van der Waals surface area contributed by atoms with Crippen LogP contribution < -0.4 is 5.32 Å². The Hall–Kier alpha value is -0.690. The van der Waals surface area contributed by atoms with E-state index < -0.39 is 0 Å². The van der Waals surface area contributed by atoms with E-state index in [9.17, 15) is 4.79 Å². The van der Waals surface area contributed by atoms with Gasteiger partial charge in [0.05, 0.1) is 0 Å². The van der Waals surface area contributed by atoms with Gasteiger partial charge < -0.3 is 10.2 Å². The number of hydrogen-bond donors (Lipinski definition) is 1. The van der Waals surface area contributed by atoms with E-state index in [2.05, 4.69) is 32.9 Å². The van der Waals surface area contributed by atoms with Crippen molar-refractivity contribution in [3.63, 3.8) is 0 Å². The minimum atomic E-state index is -0.117. The second-order valence-corrected chi connectivity index (χ2v) is 4.67. The first-order valence-electron chi connectivity index (χ1n) is 4.64. The van der Waals surface area contributed by atoms with Crippen LogP contribution in [0.25, 0.3) is 0 Å². The predicted molar refractivity (Wildman–Crippen MR) is 67.8 cm³/mol. The number of nitrogens with zero attached hydrogens (tertiary/aromatic N) is 2. The molecule has 0 aliphatic carbocycles. The molecule has 0 spiro atoms. The molecule has 0 aliphatic rings. The highest BCUT2D eigenvalue weighted by Crippen LogP contribution is 2.02. The summed E-state index contributed by atoms with van der Waals surface area (Å²) in [6, 6.07) is 3.60. The smallest absolute Gasteiger partial charge is 0.269 e. The Kier molecular flexibility index (Phi) is 4.97. The van der Waals surface area contributed by atoms with Gasteiger partial charge in [0.1, 0.15) is 5.69 Å². The molecule has 1 aromatic rings. The van der Waals surface area contributed by atoms with Crippen LogP contribution in [-0.4, -0.2) is 43.0 Å². The number of pyridine rings is 1. The van der Waals surface area contributed by atoms with Gasteiger partial charge in [0.15, 0.2) is 0 Å². The zero-order valence-electron chi connectivity index (χ0n) is 8.83. The Labute approximate surface area is 103 Å². The fourth-order valence-corrected chi connectivity index (χ4v) is 1.31. The standard InChI is InChI=1S/C10H14IN3O/c1-14(2)6-5-12-10(15)9-4-3-8(11)7-13-9/h3-4,7H,5-6H2,1-2H3,(H,12,15)/i11-3. The van der Waals surface area contributed by atoms with E-state index >= 15 is 0 Å². The Morgan fingerprint density at radius 2 is 2.27 bits per heavy atom. The van der Waals surface area contributed by atoms with Crippen molar-refractivity contribution in [2.45, 2.75) is 0 Å². The van der Waals surface area contributed by atoms with Gasteiger partial charge in [0, 0.05) is 22.9 Å². The van der Waals surface area contributed by atoms with Crippen molar-refractivity contribution < 1.29 is 4.79 Å². The molecule has 82 valence electrons. The van der Waals surface area contributed by atoms with Crippen molar-refractivity contribution in [1.82, 2.24) is 15.2 Å². The third kappa shape index (κ3) is 4.57. The van der Waals surface area contributed by atoms with E-state index in [1.54, 1.807) is 12.3 Å². The van der Waals surface area contributed by atoms with Crippen LogP contribution in [0.3, 0.4) is 0 Å². The van der Waals surface area contributed by atoms with Crippen LogP contribution in [0.2, 0.25) is 0 Å². The van der Waals surface area contributed by atoms with Gasteiger partial charge in [-0.1, -0.05) is 0 Å². The first-order valence-corrected chi connectivity index (χ1v) is 5.72. The highest BCUT2D eigenvalue weighted by molar-refractivity contribution is 14.1. The molecule has 0 saturated carbocycles. The molecule has 0 fully saturated rings. The van der Waals surface area contributed by atoms with Crippen LogP contribution >= 0.6 is 22.6 Å². The summed E-state index contributed by atoms with van der Waals surface area (Å²) >= 11 is 2.16. The monoisotopic (exact) mass is 316 g/mol. The SMILES string of the molecule is CN(C)CCNC(=O)c1ccc([124I])cn1. The van der Waals surface area contributed by atoms with Crippen LogP contribution in [0.15, 0.2) is 18.3 Å². The first-order chi connectivity index (χ1) is 7.09. The van der Waals surface area contributed by atoms with Gasteiger partial charge in [-0.3, -0.25) is 4.79 Å². The minimum Gasteiger partial charge on any atom is -0.349 e. The molecule has 0 unspecified atom stereocenters. The summed E-state index contributed by atoms with van der Waals surface area (Å²) in [5.41, 5.74) is 0.467. The Balaban J connectivity index is 2.43. The maximum Gasteiger partial charge on any atom is 0.269 e. The summed E-state index contributed by atoms with van der Waals surface area (Å²) in [5.74, 6) is -0.117. The van der Waals surface area contributed by atoms with E-state index in [0.29, 0.717) is 12.2 Å². The fourth-order valence-electron chi connectivity index (χ4n) is 0.994. The summed E-state index contributed by atoms with van der Waals surface area (Å²) in [4.78, 5) is 17.6. The van der Waals surface area contributed by atoms with Crippen molar-refractivity contribution in [3.8, 4) is 0 Å². The van der Waals surface area contributed by atoms with Gasteiger partial charge in [-0.05, 0) is 48.8 Å². The summed E-state index contributed by atoms with van der Waals surface area (Å²) in [7, 11) is 3.94. The number of amides is 1. The molecule has 0 aromatic carbocycles. The first kappa shape index (κ1) is 12.4. The lowest BCUT2D eigenvalue weighted by molar-refractivity contribution is 0.0946. The molecular weight excluding hydrogens is 302 g/mol. The summed E-state index contributed by atoms with van der Waals surface area (Å²) in [6.07, 6.45) is 1.68. The third-order valence-electron chi connectivity index (χ3n) is 1.80. The van der Waals surface area contributed by atoms with Gasteiger partial charge in [0.2, 0.25) is 0 Å². The topological polar surface area (TPSA) is 45.2 Å². The molecule has 5 heteroatoms. The van der Waals surface area contributed by atoms with Crippen LogP contribution in [-0.2, 0) is 0 Å². The largest absolute Gasteiger partial charge is 0.349 e. The summed E-state index contributed by atoms with van der Waals surface area (Å²) in [6.45, 7) is 1.47. The zero-order valence-corrected chi connectivity index (χ0v) is 11.0. The highest BCUT2D eigenvalue weighted by atomic mass is 124. The van der Waals surface area contributed by atoms with Crippen LogP contribution in [0, 0.1) is 3.57 Å². The van der Waals surface area contributed by atoms with Gasteiger partial charge in [0.25, 0.3) is 5.91 Å². The molecule has 1 heterocycles. The molecule has 1 N–H and O–H groups in total. The van der Waals surface area contributed by atoms with Crippen molar-refractivity contribution in [2.75, 3.05) is 27.2 Å². The molecule has 1 amide bonds. The Morgan fingerprint density at radius 3 is 2.80 bits per heavy atom. The normalized spacial score (nSPS) is 10.4. The second-order valence-electron chi connectivity index (χ2n) is 3.42. The van der Waals surface area contributed by atoms with Gasteiger partial charge in [-0.15, -0.1) is 0 Å². The quantitative estimate of drug-likeness (QED) is 0.842. The van der Waals surface area contributed by atoms with Crippen molar-refractivity contribution in [1.29, 1.82) is 0 Å². The average Bonchev–Trinajstić information content (AvgIpc) is 2.18. The molecule has 15 heavy (non-hydrogen) atoms. The Bertz CT molecular complexity index is 324. The molecule has 0 atom stereocenters. The maximum absolute atomic E-state index is 11.5. The minimum absolute atomic E-state index is 0.117. The third-order valence-corrected chi connectivity index (χ3v) is 2.44. The van der Waals surface area contributed by atoms with Crippen molar-refractivity contribution in [2.24, 2.45) is 0 Å². The van der Waals surface area contributed by atoms with E-state index in [-0.39, 0.29) is 5.91 Å². The summed E-state index contributed by atoms with van der Waals surface area (Å²) < 4.78 is 1.03. The molecule has 1 rings (SSSR count). The number of halogens is 1. The number of carbonyl (C=O) groups is 1. The lowest BCUT2D eigenvalue weighted by Gasteiger charge is -2.09. The second kappa shape index (κ2) is 6.02. The number of aromatic nitrogens is 1. The fraction of sp³-hybridized carbons (Fsp3) is 0.400. The molecular formula is C10H14IN3O. The van der Waals surface area contributed by atoms with E-state index in [0.717, 1.165) is 10.1 Å². The number of rotatable bonds is 4. The van der Waals surface area contributed by atoms with E-state index in [1.807, 2.05) is 25.1 Å². The van der Waals surface area contributed by atoms with Crippen molar-refractivity contribution >= 4 is 28.5 Å². The van der Waals surface area contributed by atoms with E-state index in [1.165, 1.54) is 0 Å². The predicted octanol–water partition coefficient (Wildman–Crippen LogP) is 0.978. The van der Waals surface area contributed by atoms with E-state index in [4.69, 9.17) is 0 Å². The number of likely N-dealkylation sites (N-methyl/N-ethyl adjacent to an activating group) is 1. The maximum atomic E-state index is 11.5. The number of nitrogens with one attached hydrogen (secondary N) is 1. The average molecular weight is 316 g/mol. The lowest BCUT2D eigenvalue weighted by Crippen LogP contribution is -2.31. The molecule has 1 aromatic heterocycles. The van der Waals surface area contributed by atoms with Crippen LogP contribution in [0.5, 0.6) is 0 Å². The van der Waals surface area contributed by atoms with Crippen LogP contribution in [0.1, 0.15) is 10.5 Å². The zero-order chi connectivity index (χ0) is 11.3. The molecule has 0 aliphatic heterocycles. The molecule has 0 saturated heterocycles. The number of carbonyl (C=O) groups excluding carboxylic acids is 1. The molecule has 0 radical (unpaired) electrons.